The summed E-state index contributed by atoms with van der Waals surface area (Å²) < 4.78 is 66.0. The standard InChI is InChI=1S/C34H35IO5/c35-34-33(39-24-29-19-11-4-12-20-29)32(38-23-28-17-9-3-10-18-28)31(37-22-27-15-7-2-8-16-27)30(40-34)25-36-21-26-13-5-1-6-14-26/h1-20,30-34H,21-25H2/t30-,31-,32+,33-,34?/m1/s1/i21D,22D,23D,24D/t21?,22?,23?,24?,30-,31-,32+,33-,34?. The Morgan fingerprint density at radius 3 is 1.35 bits per heavy atom. The van der Waals surface area contributed by atoms with Gasteiger partial charge in [0, 0.05) is 0 Å². The smallest absolute Gasteiger partial charge is 0.138 e. The molecule has 0 saturated carbocycles. The molecule has 5 unspecified atom stereocenters. The summed E-state index contributed by atoms with van der Waals surface area (Å²) in [6.07, 6.45) is -3.45. The monoisotopic (exact) mass is 654 g/mol. The van der Waals surface area contributed by atoms with Crippen molar-refractivity contribution in [1.29, 1.82) is 0 Å². The molecule has 6 heteroatoms. The second-order valence-electron chi connectivity index (χ2n) is 9.28. The number of ether oxygens (including phenoxy) is 5. The Bertz CT molecular complexity index is 1390. The van der Waals surface area contributed by atoms with Crippen molar-refractivity contribution < 1.29 is 29.2 Å². The zero-order valence-corrected chi connectivity index (χ0v) is 24.0. The SMILES string of the molecule is [2H]C(OC[C@H]1OC(I)[C@H](OC([2H])c2ccccc2)[C@@H](OC([2H])c2ccccc2)[C@@H]1OC([2H])c1ccccc1)c1ccccc1. The lowest BCUT2D eigenvalue weighted by molar-refractivity contribution is -0.251. The second-order valence-corrected chi connectivity index (χ2v) is 10.5. The number of benzene rings is 4. The van der Waals surface area contributed by atoms with E-state index in [4.69, 9.17) is 29.2 Å². The van der Waals surface area contributed by atoms with Crippen molar-refractivity contribution in [1.82, 2.24) is 0 Å². The number of hydrogen-bond acceptors (Lipinski definition) is 5. The second kappa shape index (κ2) is 15.4. The molecule has 0 spiro atoms. The molecule has 4 aromatic carbocycles. The van der Waals surface area contributed by atoms with Gasteiger partial charge >= 0.3 is 0 Å². The van der Waals surface area contributed by atoms with Crippen LogP contribution in [0.3, 0.4) is 0 Å². The van der Waals surface area contributed by atoms with E-state index >= 15 is 0 Å². The molecular formula is C34H35IO5. The summed E-state index contributed by atoms with van der Waals surface area (Å²) in [5.41, 5.74) is 2.63. The molecule has 1 aliphatic heterocycles. The van der Waals surface area contributed by atoms with E-state index in [0.29, 0.717) is 22.3 Å². The van der Waals surface area contributed by atoms with Crippen LogP contribution >= 0.6 is 22.6 Å². The lowest BCUT2D eigenvalue weighted by Crippen LogP contribution is -2.59. The molecule has 0 N–H and O–H groups in total. The summed E-state index contributed by atoms with van der Waals surface area (Å²) in [5.74, 6) is 0. The Hall–Kier alpha value is -2.59. The number of halogens is 1. The highest BCUT2D eigenvalue weighted by molar-refractivity contribution is 14.1. The van der Waals surface area contributed by atoms with Crippen LogP contribution in [0.1, 0.15) is 27.7 Å². The molecule has 1 aliphatic rings. The molecule has 1 heterocycles. The minimum atomic E-state index is -1.10. The summed E-state index contributed by atoms with van der Waals surface area (Å²) in [5, 5.41) is 0. The summed E-state index contributed by atoms with van der Waals surface area (Å²) in [7, 11) is 0. The van der Waals surface area contributed by atoms with Crippen molar-refractivity contribution in [2.24, 2.45) is 0 Å². The molecule has 208 valence electrons. The first-order valence-corrected chi connectivity index (χ1v) is 14.4. The minimum absolute atomic E-state index is 0.0295. The van der Waals surface area contributed by atoms with E-state index in [1.54, 1.807) is 12.1 Å². The summed E-state index contributed by atoms with van der Waals surface area (Å²) >= 11 is 2.11. The van der Waals surface area contributed by atoms with Crippen LogP contribution in [-0.2, 0) is 50.0 Å². The first kappa shape index (κ1) is 24.1. The highest BCUT2D eigenvalue weighted by atomic mass is 127. The van der Waals surface area contributed by atoms with Crippen LogP contribution in [-0.4, -0.2) is 35.1 Å². The molecule has 0 bridgehead atoms. The third-order valence-corrected chi connectivity index (χ3v) is 7.34. The fraction of sp³-hybridized carbons (Fsp3) is 0.294. The number of hydrogen-bond donors (Lipinski definition) is 0. The Kier molecular flexibility index (Phi) is 9.27. The lowest BCUT2D eigenvalue weighted by Gasteiger charge is -2.44. The Labute approximate surface area is 256 Å². The number of alkyl halides is 1. The zero-order valence-electron chi connectivity index (χ0n) is 25.9. The van der Waals surface area contributed by atoms with Crippen molar-refractivity contribution >= 4 is 22.6 Å². The fourth-order valence-electron chi connectivity index (χ4n) is 4.30. The highest BCUT2D eigenvalue weighted by Gasteiger charge is 2.47. The van der Waals surface area contributed by atoms with Gasteiger partial charge in [-0.2, -0.15) is 0 Å². The summed E-state index contributed by atoms with van der Waals surface area (Å²) in [6.45, 7) is -4.26. The van der Waals surface area contributed by atoms with Gasteiger partial charge in [0.2, 0.25) is 0 Å². The first-order valence-electron chi connectivity index (χ1n) is 15.5. The van der Waals surface area contributed by atoms with E-state index < -0.39 is 54.9 Å². The molecule has 9 atom stereocenters. The van der Waals surface area contributed by atoms with Crippen molar-refractivity contribution in [3.05, 3.63) is 144 Å². The van der Waals surface area contributed by atoms with E-state index in [1.165, 1.54) is 0 Å². The van der Waals surface area contributed by atoms with Gasteiger partial charge in [-0.3, -0.25) is 0 Å². The predicted octanol–water partition coefficient (Wildman–Crippen LogP) is 7.12. The average Bonchev–Trinajstić information content (AvgIpc) is 3.07. The molecular weight excluding hydrogens is 615 g/mol. The quantitative estimate of drug-likeness (QED) is 0.114. The van der Waals surface area contributed by atoms with Crippen molar-refractivity contribution in [3.63, 3.8) is 0 Å². The van der Waals surface area contributed by atoms with E-state index in [-0.39, 0.29) is 6.61 Å². The van der Waals surface area contributed by atoms with E-state index in [2.05, 4.69) is 22.6 Å². The molecule has 1 fully saturated rings. The maximum Gasteiger partial charge on any atom is 0.138 e. The number of rotatable bonds is 13. The third kappa shape index (κ3) is 8.46. The largest absolute Gasteiger partial charge is 0.374 e. The van der Waals surface area contributed by atoms with Crippen LogP contribution in [0, 0.1) is 0 Å². The molecule has 0 aromatic heterocycles. The van der Waals surface area contributed by atoms with E-state index in [0.717, 1.165) is 0 Å². The molecule has 0 radical (unpaired) electrons. The van der Waals surface area contributed by atoms with Crippen LogP contribution in [0.5, 0.6) is 0 Å². The summed E-state index contributed by atoms with van der Waals surface area (Å²) in [6, 6.07) is 36.7. The highest BCUT2D eigenvalue weighted by Crippen LogP contribution is 2.33. The average molecular weight is 655 g/mol. The molecule has 1 saturated heterocycles. The van der Waals surface area contributed by atoms with Gasteiger partial charge in [-0.15, -0.1) is 0 Å². The fourth-order valence-corrected chi connectivity index (χ4v) is 5.26. The first-order chi connectivity index (χ1) is 21.4. The van der Waals surface area contributed by atoms with Gasteiger partial charge in [0.15, 0.2) is 0 Å². The van der Waals surface area contributed by atoms with Crippen LogP contribution in [0.2, 0.25) is 0 Å². The Balaban J connectivity index is 1.46. The van der Waals surface area contributed by atoms with Gasteiger partial charge in [-0.05, 0) is 44.8 Å². The van der Waals surface area contributed by atoms with Gasteiger partial charge in [-0.1, -0.05) is 121 Å². The third-order valence-electron chi connectivity index (χ3n) is 6.34. The van der Waals surface area contributed by atoms with E-state index in [9.17, 15) is 0 Å². The minimum Gasteiger partial charge on any atom is -0.374 e. The van der Waals surface area contributed by atoms with Crippen molar-refractivity contribution in [2.75, 3.05) is 6.61 Å². The molecule has 0 aliphatic carbocycles. The van der Waals surface area contributed by atoms with Gasteiger partial charge in [0.25, 0.3) is 0 Å². The predicted molar refractivity (Wildman–Crippen MR) is 164 cm³/mol. The Morgan fingerprint density at radius 2 is 0.900 bits per heavy atom. The summed E-state index contributed by atoms with van der Waals surface area (Å²) in [4.78, 5) is 0. The van der Waals surface area contributed by atoms with Crippen LogP contribution < -0.4 is 0 Å². The normalized spacial score (nSPS) is 27.3. The van der Waals surface area contributed by atoms with Gasteiger partial charge in [0.1, 0.15) is 28.5 Å². The maximum absolute atomic E-state index is 8.90. The molecule has 5 rings (SSSR count). The molecule has 5 nitrogen and oxygen atoms in total. The Morgan fingerprint density at radius 1 is 0.525 bits per heavy atom. The topological polar surface area (TPSA) is 46.2 Å². The molecule has 0 amide bonds. The van der Waals surface area contributed by atoms with Crippen LogP contribution in [0.25, 0.3) is 0 Å². The maximum atomic E-state index is 8.90. The van der Waals surface area contributed by atoms with Crippen LogP contribution in [0.4, 0.5) is 0 Å². The van der Waals surface area contributed by atoms with Gasteiger partial charge in [-0.25, -0.2) is 0 Å². The molecule has 40 heavy (non-hydrogen) atoms. The van der Waals surface area contributed by atoms with E-state index in [1.807, 2.05) is 109 Å². The van der Waals surface area contributed by atoms with Gasteiger partial charge < -0.3 is 23.7 Å². The van der Waals surface area contributed by atoms with Crippen LogP contribution in [0.15, 0.2) is 121 Å². The van der Waals surface area contributed by atoms with Gasteiger partial charge in [0.05, 0.1) is 38.4 Å². The zero-order chi connectivity index (χ0) is 30.9. The van der Waals surface area contributed by atoms with Crippen molar-refractivity contribution in [3.8, 4) is 0 Å². The van der Waals surface area contributed by atoms with Crippen molar-refractivity contribution in [2.45, 2.75) is 54.9 Å². The lowest BCUT2D eigenvalue weighted by atomic mass is 9.99. The molecule has 4 aromatic rings.